The fourth-order valence-corrected chi connectivity index (χ4v) is 1.22. The molecule has 0 aliphatic carbocycles. The van der Waals surface area contributed by atoms with E-state index < -0.39 is 5.97 Å². The number of nitrogens with one attached hydrogen (secondary N) is 1. The Kier molecular flexibility index (Phi) is 3.88. The van der Waals surface area contributed by atoms with Crippen LogP contribution >= 0.6 is 0 Å². The van der Waals surface area contributed by atoms with E-state index in [4.69, 9.17) is 10.8 Å². The maximum atomic E-state index is 10.8. The van der Waals surface area contributed by atoms with Crippen molar-refractivity contribution >= 4 is 17.7 Å². The number of benzene rings is 1. The van der Waals surface area contributed by atoms with E-state index in [-0.39, 0.29) is 5.56 Å². The minimum absolute atomic E-state index is 0.140. The fourth-order valence-electron chi connectivity index (χ4n) is 1.22. The first kappa shape index (κ1) is 11.3. The summed E-state index contributed by atoms with van der Waals surface area (Å²) in [6.45, 7) is 0.719. The lowest BCUT2D eigenvalue weighted by Crippen LogP contribution is -2.05. The number of aromatic carboxylic acids is 1. The summed E-state index contributed by atoms with van der Waals surface area (Å²) in [5.74, 6) is -1.00. The third-order valence-electron chi connectivity index (χ3n) is 1.99. The number of carboxylic acids is 1. The van der Waals surface area contributed by atoms with E-state index >= 15 is 0 Å². The highest BCUT2D eigenvalue weighted by molar-refractivity contribution is 5.95. The topological polar surface area (TPSA) is 75.3 Å². The monoisotopic (exact) mass is 206 g/mol. The molecule has 0 heterocycles. The van der Waals surface area contributed by atoms with Crippen LogP contribution in [-0.2, 0) is 0 Å². The zero-order chi connectivity index (χ0) is 11.3. The zero-order valence-corrected chi connectivity index (χ0v) is 8.53. The van der Waals surface area contributed by atoms with Crippen LogP contribution in [0.1, 0.15) is 15.9 Å². The number of hydrogen-bond donors (Lipinski definition) is 3. The van der Waals surface area contributed by atoms with Gasteiger partial charge in [0, 0.05) is 6.54 Å². The van der Waals surface area contributed by atoms with Gasteiger partial charge in [0.1, 0.15) is 0 Å². The number of nitrogens with two attached hydrogens (primary N) is 1. The van der Waals surface area contributed by atoms with Gasteiger partial charge in [-0.2, -0.15) is 0 Å². The van der Waals surface area contributed by atoms with E-state index in [2.05, 4.69) is 5.32 Å². The Morgan fingerprint density at radius 1 is 1.60 bits per heavy atom. The van der Waals surface area contributed by atoms with E-state index in [0.717, 1.165) is 12.1 Å². The Bertz CT molecular complexity index is 386. The second kappa shape index (κ2) is 5.17. The molecule has 0 spiro atoms. The van der Waals surface area contributed by atoms with E-state index in [1.807, 2.05) is 13.1 Å². The van der Waals surface area contributed by atoms with Crippen molar-refractivity contribution in [1.82, 2.24) is 5.32 Å². The molecule has 0 saturated heterocycles. The quantitative estimate of drug-likeness (QED) is 0.647. The Morgan fingerprint density at radius 3 is 2.93 bits per heavy atom. The van der Waals surface area contributed by atoms with E-state index in [1.165, 1.54) is 6.07 Å². The largest absolute Gasteiger partial charge is 0.478 e. The summed E-state index contributed by atoms with van der Waals surface area (Å²) >= 11 is 0. The smallest absolute Gasteiger partial charge is 0.337 e. The van der Waals surface area contributed by atoms with Crippen LogP contribution in [0.4, 0.5) is 5.69 Å². The molecule has 0 fully saturated rings. The fraction of sp³-hybridized carbons (Fsp3) is 0.182. The third kappa shape index (κ3) is 2.82. The molecule has 4 N–H and O–H groups in total. The van der Waals surface area contributed by atoms with Crippen molar-refractivity contribution < 1.29 is 9.90 Å². The lowest BCUT2D eigenvalue weighted by molar-refractivity contribution is 0.0698. The molecule has 1 aromatic rings. The molecule has 4 nitrogen and oxygen atoms in total. The summed E-state index contributed by atoms with van der Waals surface area (Å²) in [7, 11) is 1.83. The van der Waals surface area contributed by atoms with E-state index in [9.17, 15) is 4.79 Å². The molecule has 1 aromatic carbocycles. The Hall–Kier alpha value is -1.81. The summed E-state index contributed by atoms with van der Waals surface area (Å²) in [6, 6.07) is 4.96. The molecule has 0 unspecified atom stereocenters. The number of hydrogen-bond acceptors (Lipinski definition) is 3. The highest BCUT2D eigenvalue weighted by Crippen LogP contribution is 2.18. The molecule has 15 heavy (non-hydrogen) atoms. The first-order chi connectivity index (χ1) is 7.16. The van der Waals surface area contributed by atoms with Gasteiger partial charge in [-0.3, -0.25) is 0 Å². The van der Waals surface area contributed by atoms with Crippen LogP contribution in [-0.4, -0.2) is 24.7 Å². The average Bonchev–Trinajstić information content (AvgIpc) is 2.20. The number of nitrogen functional groups attached to an aromatic ring is 1. The Labute approximate surface area is 88.4 Å². The van der Waals surface area contributed by atoms with Crippen molar-refractivity contribution in [2.45, 2.75) is 0 Å². The summed E-state index contributed by atoms with van der Waals surface area (Å²) in [5.41, 5.74) is 6.88. The predicted octanol–water partition coefficient (Wildman–Crippen LogP) is 1.20. The second-order valence-corrected chi connectivity index (χ2v) is 3.07. The maximum Gasteiger partial charge on any atom is 0.337 e. The SMILES string of the molecule is CNCC=Cc1cccc(C(=O)O)c1N. The van der Waals surface area contributed by atoms with Crippen molar-refractivity contribution in [2.75, 3.05) is 19.3 Å². The summed E-state index contributed by atoms with van der Waals surface area (Å²) in [5, 5.41) is 11.8. The molecule has 0 aliphatic heterocycles. The number of para-hydroxylation sites is 1. The lowest BCUT2D eigenvalue weighted by atomic mass is 10.1. The van der Waals surface area contributed by atoms with Crippen LogP contribution in [0.25, 0.3) is 6.08 Å². The van der Waals surface area contributed by atoms with Gasteiger partial charge < -0.3 is 16.2 Å². The van der Waals surface area contributed by atoms with Gasteiger partial charge in [-0.25, -0.2) is 4.79 Å². The highest BCUT2D eigenvalue weighted by atomic mass is 16.4. The number of carbonyl (C=O) groups is 1. The zero-order valence-electron chi connectivity index (χ0n) is 8.53. The second-order valence-electron chi connectivity index (χ2n) is 3.07. The van der Waals surface area contributed by atoms with Crippen LogP contribution < -0.4 is 11.1 Å². The van der Waals surface area contributed by atoms with Gasteiger partial charge in [0.05, 0.1) is 11.3 Å². The molecule has 0 saturated carbocycles. The summed E-state index contributed by atoms with van der Waals surface area (Å²) in [6.07, 6.45) is 3.69. The molecule has 4 heteroatoms. The van der Waals surface area contributed by atoms with Gasteiger partial charge >= 0.3 is 5.97 Å². The van der Waals surface area contributed by atoms with E-state index in [0.29, 0.717) is 5.69 Å². The molecule has 0 atom stereocenters. The molecule has 1 rings (SSSR count). The molecular weight excluding hydrogens is 192 g/mol. The first-order valence-electron chi connectivity index (χ1n) is 4.59. The van der Waals surface area contributed by atoms with Crippen LogP contribution in [0.3, 0.4) is 0 Å². The average molecular weight is 206 g/mol. The van der Waals surface area contributed by atoms with Gasteiger partial charge in [0.15, 0.2) is 0 Å². The van der Waals surface area contributed by atoms with Crippen molar-refractivity contribution in [1.29, 1.82) is 0 Å². The van der Waals surface area contributed by atoms with Gasteiger partial charge in [0.2, 0.25) is 0 Å². The molecule has 0 bridgehead atoms. The number of likely N-dealkylation sites (N-methyl/N-ethyl adjacent to an activating group) is 1. The third-order valence-corrected chi connectivity index (χ3v) is 1.99. The van der Waals surface area contributed by atoms with Crippen molar-refractivity contribution in [3.63, 3.8) is 0 Å². The van der Waals surface area contributed by atoms with Crippen LogP contribution in [0.5, 0.6) is 0 Å². The normalized spacial score (nSPS) is 10.7. The van der Waals surface area contributed by atoms with Gasteiger partial charge in [0.25, 0.3) is 0 Å². The van der Waals surface area contributed by atoms with Crippen LogP contribution in [0.15, 0.2) is 24.3 Å². The number of anilines is 1. The lowest BCUT2D eigenvalue weighted by Gasteiger charge is -2.04. The number of carboxylic acid groups (broad SMARTS) is 1. The first-order valence-corrected chi connectivity index (χ1v) is 4.59. The molecule has 80 valence electrons. The highest BCUT2D eigenvalue weighted by Gasteiger charge is 2.08. The predicted molar refractivity (Wildman–Crippen MR) is 60.8 cm³/mol. The molecular formula is C11H14N2O2. The van der Waals surface area contributed by atoms with Crippen molar-refractivity contribution in [2.24, 2.45) is 0 Å². The number of rotatable bonds is 4. The van der Waals surface area contributed by atoms with Crippen LogP contribution in [0, 0.1) is 0 Å². The summed E-state index contributed by atoms with van der Waals surface area (Å²) in [4.78, 5) is 10.8. The summed E-state index contributed by atoms with van der Waals surface area (Å²) < 4.78 is 0. The van der Waals surface area contributed by atoms with E-state index in [1.54, 1.807) is 18.2 Å². The maximum absolute atomic E-state index is 10.8. The molecule has 0 radical (unpaired) electrons. The van der Waals surface area contributed by atoms with Gasteiger partial charge in [-0.05, 0) is 18.7 Å². The van der Waals surface area contributed by atoms with Crippen molar-refractivity contribution in [3.8, 4) is 0 Å². The minimum atomic E-state index is -1.00. The Morgan fingerprint density at radius 2 is 2.33 bits per heavy atom. The van der Waals surface area contributed by atoms with Gasteiger partial charge in [-0.1, -0.05) is 24.3 Å². The van der Waals surface area contributed by atoms with Crippen LogP contribution in [0.2, 0.25) is 0 Å². The molecule has 0 amide bonds. The van der Waals surface area contributed by atoms with Gasteiger partial charge in [-0.15, -0.1) is 0 Å². The molecule has 0 aromatic heterocycles. The Balaban J connectivity index is 2.99. The molecule has 0 aliphatic rings. The standard InChI is InChI=1S/C11H14N2O2/c1-13-7-3-5-8-4-2-6-9(10(8)12)11(14)15/h2-6,13H,7,12H2,1H3,(H,14,15). The van der Waals surface area contributed by atoms with Crippen molar-refractivity contribution in [3.05, 3.63) is 35.4 Å². The minimum Gasteiger partial charge on any atom is -0.478 e.